The van der Waals surface area contributed by atoms with E-state index < -0.39 is 5.09 Å². The molecule has 0 aliphatic carbocycles. The lowest BCUT2D eigenvalue weighted by Gasteiger charge is -2.37. The molecule has 0 bridgehead atoms. The van der Waals surface area contributed by atoms with E-state index in [0.717, 1.165) is 0 Å². The Balaban J connectivity index is 4.14. The highest BCUT2D eigenvalue weighted by Crippen LogP contribution is 2.37. The van der Waals surface area contributed by atoms with Gasteiger partial charge in [0, 0.05) is 0 Å². The van der Waals surface area contributed by atoms with Gasteiger partial charge in [0.25, 0.3) is 5.09 Å². The Kier molecular flexibility index (Phi) is 3.07. The van der Waals surface area contributed by atoms with Crippen LogP contribution in [0.5, 0.6) is 0 Å². The predicted octanol–water partition coefficient (Wildman–Crippen LogP) is 2.27. The molecule has 0 N–H and O–H groups in total. The molecule has 0 aliphatic rings. The molecule has 0 aromatic heterocycles. The molecule has 0 spiro atoms. The maximum Gasteiger partial charge on any atom is 0.294 e. The molecule has 0 amide bonds. The smallest absolute Gasteiger partial charge is 0.294 e. The molecular formula is C8H17NO3. The van der Waals surface area contributed by atoms with E-state index in [1.54, 1.807) is 0 Å². The van der Waals surface area contributed by atoms with E-state index in [4.69, 9.17) is 0 Å². The molecule has 12 heavy (non-hydrogen) atoms. The molecule has 0 atom stereocenters. The second-order valence-electron chi connectivity index (χ2n) is 4.63. The molecule has 0 unspecified atom stereocenters. The van der Waals surface area contributed by atoms with Crippen LogP contribution in [0.1, 0.15) is 34.6 Å². The van der Waals surface area contributed by atoms with Gasteiger partial charge in [0.1, 0.15) is 6.61 Å². The van der Waals surface area contributed by atoms with Gasteiger partial charge in [-0.1, -0.05) is 34.6 Å². The molecule has 4 nitrogen and oxygen atoms in total. The summed E-state index contributed by atoms with van der Waals surface area (Å²) in [4.78, 5) is 14.3. The number of nitrogens with zero attached hydrogens (tertiary/aromatic N) is 1. The van der Waals surface area contributed by atoms with Gasteiger partial charge >= 0.3 is 0 Å². The lowest BCUT2D eigenvalue weighted by atomic mass is 9.70. The van der Waals surface area contributed by atoms with Crippen LogP contribution in [0.25, 0.3) is 0 Å². The number of hydrogen-bond acceptors (Lipinski definition) is 3. The van der Waals surface area contributed by atoms with Crippen molar-refractivity contribution in [1.29, 1.82) is 0 Å². The third-order valence-electron chi connectivity index (χ3n) is 2.56. The van der Waals surface area contributed by atoms with Crippen LogP contribution in [0.4, 0.5) is 0 Å². The molecule has 0 aromatic carbocycles. The molecule has 0 rings (SSSR count). The summed E-state index contributed by atoms with van der Waals surface area (Å²) < 4.78 is 0. The number of rotatable bonds is 3. The Hall–Kier alpha value is -0.800. The molecule has 72 valence electrons. The van der Waals surface area contributed by atoms with Gasteiger partial charge in [-0.25, -0.2) is 0 Å². The summed E-state index contributed by atoms with van der Waals surface area (Å²) in [5.41, 5.74) is -0.191. The van der Waals surface area contributed by atoms with Gasteiger partial charge in [-0.15, -0.1) is 10.1 Å². The van der Waals surface area contributed by atoms with Crippen molar-refractivity contribution in [2.45, 2.75) is 34.6 Å². The second-order valence-corrected chi connectivity index (χ2v) is 4.63. The first-order valence-corrected chi connectivity index (χ1v) is 3.94. The molecule has 0 radical (unpaired) electrons. The molecule has 0 aromatic rings. The minimum absolute atomic E-state index is 0.00299. The van der Waals surface area contributed by atoms with E-state index in [0.29, 0.717) is 0 Å². The highest BCUT2D eigenvalue weighted by atomic mass is 16.9. The zero-order chi connectivity index (χ0) is 9.99. The van der Waals surface area contributed by atoms with Crippen LogP contribution in [0.15, 0.2) is 0 Å². The fourth-order valence-corrected chi connectivity index (χ4v) is 0.431. The van der Waals surface area contributed by atoms with Crippen molar-refractivity contribution < 1.29 is 9.92 Å². The van der Waals surface area contributed by atoms with Crippen LogP contribution in [-0.4, -0.2) is 11.7 Å². The summed E-state index contributed by atoms with van der Waals surface area (Å²) >= 11 is 0. The van der Waals surface area contributed by atoms with Crippen LogP contribution in [0.2, 0.25) is 0 Å². The third kappa shape index (κ3) is 3.07. The quantitative estimate of drug-likeness (QED) is 0.488. The van der Waals surface area contributed by atoms with Gasteiger partial charge in [0.15, 0.2) is 0 Å². The Morgan fingerprint density at radius 2 is 1.67 bits per heavy atom. The molecule has 0 saturated heterocycles. The van der Waals surface area contributed by atoms with E-state index in [1.807, 2.05) is 34.6 Å². The van der Waals surface area contributed by atoms with Crippen molar-refractivity contribution in [2.75, 3.05) is 6.61 Å². The van der Waals surface area contributed by atoms with Gasteiger partial charge in [0.2, 0.25) is 0 Å². The Bertz CT molecular complexity index is 170. The fraction of sp³-hybridized carbons (Fsp3) is 1.00. The van der Waals surface area contributed by atoms with Crippen LogP contribution in [0.3, 0.4) is 0 Å². The summed E-state index contributed by atoms with van der Waals surface area (Å²) in [5.74, 6) is 0. The van der Waals surface area contributed by atoms with Gasteiger partial charge < -0.3 is 4.84 Å². The summed E-state index contributed by atoms with van der Waals surface area (Å²) in [6, 6.07) is 0. The van der Waals surface area contributed by atoms with Gasteiger partial charge in [0.05, 0.1) is 0 Å². The topological polar surface area (TPSA) is 52.4 Å². The Labute approximate surface area is 73.0 Å². The molecule has 0 heterocycles. The maximum atomic E-state index is 9.96. The van der Waals surface area contributed by atoms with Crippen molar-refractivity contribution in [3.8, 4) is 0 Å². The highest BCUT2D eigenvalue weighted by Gasteiger charge is 2.33. The van der Waals surface area contributed by atoms with E-state index in [-0.39, 0.29) is 17.4 Å². The van der Waals surface area contributed by atoms with Crippen LogP contribution in [0, 0.1) is 20.9 Å². The molecule has 0 saturated carbocycles. The van der Waals surface area contributed by atoms with E-state index in [9.17, 15) is 10.1 Å². The largest absolute Gasteiger partial charge is 0.313 e. The fourth-order valence-electron chi connectivity index (χ4n) is 0.431. The number of hydrogen-bond donors (Lipinski definition) is 0. The zero-order valence-corrected chi connectivity index (χ0v) is 8.38. The van der Waals surface area contributed by atoms with Gasteiger partial charge in [-0.2, -0.15) is 0 Å². The average molecular weight is 175 g/mol. The van der Waals surface area contributed by atoms with Crippen molar-refractivity contribution in [3.63, 3.8) is 0 Å². The average Bonchev–Trinajstić information content (AvgIpc) is 1.81. The minimum atomic E-state index is -0.743. The van der Waals surface area contributed by atoms with Crippen molar-refractivity contribution in [2.24, 2.45) is 10.8 Å². The predicted molar refractivity (Wildman–Crippen MR) is 46.2 cm³/mol. The summed E-state index contributed by atoms with van der Waals surface area (Å²) in [6.45, 7) is 10.2. The van der Waals surface area contributed by atoms with Crippen LogP contribution < -0.4 is 0 Å². The molecule has 0 aliphatic heterocycles. The highest BCUT2D eigenvalue weighted by molar-refractivity contribution is 4.81. The van der Waals surface area contributed by atoms with Crippen molar-refractivity contribution in [1.82, 2.24) is 0 Å². The Morgan fingerprint density at radius 3 is 1.92 bits per heavy atom. The maximum absolute atomic E-state index is 9.96. The Morgan fingerprint density at radius 1 is 1.25 bits per heavy atom. The molecule has 0 fully saturated rings. The second kappa shape index (κ2) is 3.29. The first-order valence-electron chi connectivity index (χ1n) is 3.94. The van der Waals surface area contributed by atoms with E-state index in [2.05, 4.69) is 4.84 Å². The standard InChI is InChI=1S/C8H17NO3/c1-7(2,3)8(4,5)6-12-9(10)11/h6H2,1-5H3. The first-order chi connectivity index (χ1) is 5.17. The molecular weight excluding hydrogens is 158 g/mol. The lowest BCUT2D eigenvalue weighted by Crippen LogP contribution is -2.35. The third-order valence-corrected chi connectivity index (χ3v) is 2.56. The summed E-state index contributed by atoms with van der Waals surface area (Å²) in [7, 11) is 0. The first kappa shape index (κ1) is 11.2. The van der Waals surface area contributed by atoms with Crippen molar-refractivity contribution >= 4 is 0 Å². The van der Waals surface area contributed by atoms with Gasteiger partial charge in [-0.05, 0) is 10.8 Å². The van der Waals surface area contributed by atoms with E-state index >= 15 is 0 Å². The zero-order valence-electron chi connectivity index (χ0n) is 8.38. The summed E-state index contributed by atoms with van der Waals surface area (Å²) in [5, 5.41) is 9.21. The lowest BCUT2D eigenvalue weighted by molar-refractivity contribution is -0.761. The monoisotopic (exact) mass is 175 g/mol. The van der Waals surface area contributed by atoms with Gasteiger partial charge in [-0.3, -0.25) is 0 Å². The van der Waals surface area contributed by atoms with E-state index in [1.165, 1.54) is 0 Å². The van der Waals surface area contributed by atoms with Crippen LogP contribution in [-0.2, 0) is 4.84 Å². The SMILES string of the molecule is CC(C)(C)C(C)(C)CO[N+](=O)[O-]. The minimum Gasteiger partial charge on any atom is -0.313 e. The normalized spacial score (nSPS) is 12.8. The van der Waals surface area contributed by atoms with Crippen LogP contribution >= 0.6 is 0 Å². The summed E-state index contributed by atoms with van der Waals surface area (Å²) in [6.07, 6.45) is 0. The van der Waals surface area contributed by atoms with Crippen molar-refractivity contribution in [3.05, 3.63) is 10.1 Å². The molecule has 4 heteroatoms.